The molecule has 0 aromatic heterocycles. The molecule has 0 atom stereocenters. The highest BCUT2D eigenvalue weighted by Crippen LogP contribution is 2.39. The van der Waals surface area contributed by atoms with Crippen molar-refractivity contribution in [3.63, 3.8) is 0 Å². The SMILES string of the molecule is Nc1ccc(SC2CCCC2)cc1C(F)(F)F. The molecule has 1 aromatic rings. The van der Waals surface area contributed by atoms with Crippen LogP contribution in [0.1, 0.15) is 31.2 Å². The molecule has 1 aliphatic carbocycles. The van der Waals surface area contributed by atoms with E-state index in [1.54, 1.807) is 6.07 Å². The first-order chi connectivity index (χ1) is 7.97. The number of benzene rings is 1. The Bertz CT molecular complexity index is 397. The highest BCUT2D eigenvalue weighted by atomic mass is 32.2. The van der Waals surface area contributed by atoms with E-state index in [0.717, 1.165) is 12.8 Å². The van der Waals surface area contributed by atoms with Crippen molar-refractivity contribution in [1.82, 2.24) is 0 Å². The summed E-state index contributed by atoms with van der Waals surface area (Å²) in [5, 5.41) is 0.458. The lowest BCUT2D eigenvalue weighted by molar-refractivity contribution is -0.137. The van der Waals surface area contributed by atoms with E-state index in [-0.39, 0.29) is 5.69 Å². The predicted octanol–water partition coefficient (Wildman–Crippen LogP) is 4.32. The molecule has 0 amide bonds. The molecule has 0 spiro atoms. The minimum Gasteiger partial charge on any atom is -0.398 e. The summed E-state index contributed by atoms with van der Waals surface area (Å²) in [4.78, 5) is 0.665. The Morgan fingerprint density at radius 1 is 1.18 bits per heavy atom. The van der Waals surface area contributed by atoms with Crippen molar-refractivity contribution in [2.45, 2.75) is 42.0 Å². The first kappa shape index (κ1) is 12.6. The van der Waals surface area contributed by atoms with Gasteiger partial charge in [0.25, 0.3) is 0 Å². The Labute approximate surface area is 103 Å². The number of hydrogen-bond acceptors (Lipinski definition) is 2. The van der Waals surface area contributed by atoms with Crippen molar-refractivity contribution < 1.29 is 13.2 Å². The van der Waals surface area contributed by atoms with Gasteiger partial charge in [0.05, 0.1) is 5.56 Å². The normalized spacial score (nSPS) is 17.6. The third kappa shape index (κ3) is 3.09. The molecule has 17 heavy (non-hydrogen) atoms. The molecular weight excluding hydrogens is 247 g/mol. The Morgan fingerprint density at radius 2 is 1.82 bits per heavy atom. The molecule has 2 rings (SSSR count). The number of rotatable bonds is 2. The van der Waals surface area contributed by atoms with E-state index in [9.17, 15) is 13.2 Å². The lowest BCUT2D eigenvalue weighted by atomic mass is 10.2. The average molecular weight is 261 g/mol. The van der Waals surface area contributed by atoms with E-state index in [4.69, 9.17) is 5.73 Å². The molecule has 1 aliphatic rings. The Morgan fingerprint density at radius 3 is 2.41 bits per heavy atom. The standard InChI is InChI=1S/C12H14F3NS/c13-12(14,15)10-7-9(5-6-11(10)16)17-8-3-1-2-4-8/h5-8H,1-4,16H2. The van der Waals surface area contributed by atoms with Crippen LogP contribution in [0.5, 0.6) is 0 Å². The molecule has 1 fully saturated rings. The summed E-state index contributed by atoms with van der Waals surface area (Å²) in [6, 6.07) is 4.19. The van der Waals surface area contributed by atoms with Crippen molar-refractivity contribution in [3.05, 3.63) is 23.8 Å². The number of anilines is 1. The van der Waals surface area contributed by atoms with E-state index in [1.807, 2.05) is 0 Å². The summed E-state index contributed by atoms with van der Waals surface area (Å²) in [5.74, 6) is 0. The van der Waals surface area contributed by atoms with Crippen LogP contribution in [-0.4, -0.2) is 5.25 Å². The Hall–Kier alpha value is -0.840. The van der Waals surface area contributed by atoms with Gasteiger partial charge in [-0.1, -0.05) is 12.8 Å². The van der Waals surface area contributed by atoms with Crippen molar-refractivity contribution in [2.24, 2.45) is 0 Å². The summed E-state index contributed by atoms with van der Waals surface area (Å²) in [7, 11) is 0. The van der Waals surface area contributed by atoms with Gasteiger partial charge < -0.3 is 5.73 Å². The highest BCUT2D eigenvalue weighted by molar-refractivity contribution is 8.00. The lowest BCUT2D eigenvalue weighted by Crippen LogP contribution is -2.09. The predicted molar refractivity (Wildman–Crippen MR) is 64.0 cm³/mol. The maximum atomic E-state index is 12.7. The Kier molecular flexibility index (Phi) is 3.56. The maximum Gasteiger partial charge on any atom is 0.418 e. The van der Waals surface area contributed by atoms with Crippen molar-refractivity contribution in [3.8, 4) is 0 Å². The first-order valence-electron chi connectivity index (χ1n) is 5.60. The van der Waals surface area contributed by atoms with Gasteiger partial charge in [0.2, 0.25) is 0 Å². The summed E-state index contributed by atoms with van der Waals surface area (Å²) < 4.78 is 38.0. The third-order valence-electron chi connectivity index (χ3n) is 2.94. The summed E-state index contributed by atoms with van der Waals surface area (Å²) in [6.45, 7) is 0. The van der Waals surface area contributed by atoms with E-state index in [0.29, 0.717) is 10.1 Å². The van der Waals surface area contributed by atoms with Crippen LogP contribution in [0.4, 0.5) is 18.9 Å². The van der Waals surface area contributed by atoms with Crippen molar-refractivity contribution in [1.29, 1.82) is 0 Å². The molecule has 0 unspecified atom stereocenters. The monoisotopic (exact) mass is 261 g/mol. The van der Waals surface area contributed by atoms with Gasteiger partial charge in [-0.15, -0.1) is 11.8 Å². The summed E-state index contributed by atoms with van der Waals surface area (Å²) in [6.07, 6.45) is 0.181. The number of nitrogen functional groups attached to an aromatic ring is 1. The van der Waals surface area contributed by atoms with Gasteiger partial charge >= 0.3 is 6.18 Å². The van der Waals surface area contributed by atoms with E-state index >= 15 is 0 Å². The molecule has 0 saturated heterocycles. The minimum absolute atomic E-state index is 0.201. The summed E-state index contributed by atoms with van der Waals surface area (Å²) in [5.41, 5.74) is 4.43. The fourth-order valence-corrected chi connectivity index (χ4v) is 3.34. The van der Waals surface area contributed by atoms with Gasteiger partial charge in [0.1, 0.15) is 0 Å². The molecule has 0 bridgehead atoms. The fraction of sp³-hybridized carbons (Fsp3) is 0.500. The molecule has 5 heteroatoms. The van der Waals surface area contributed by atoms with Gasteiger partial charge in [-0.3, -0.25) is 0 Å². The van der Waals surface area contributed by atoms with Crippen LogP contribution in [-0.2, 0) is 6.18 Å². The number of alkyl halides is 3. The van der Waals surface area contributed by atoms with Crippen LogP contribution in [0.15, 0.2) is 23.1 Å². The van der Waals surface area contributed by atoms with E-state index in [1.165, 1.54) is 36.7 Å². The van der Waals surface area contributed by atoms with E-state index < -0.39 is 11.7 Å². The molecular formula is C12H14F3NS. The molecule has 94 valence electrons. The summed E-state index contributed by atoms with van der Waals surface area (Å²) >= 11 is 1.53. The fourth-order valence-electron chi connectivity index (χ4n) is 2.05. The molecule has 1 saturated carbocycles. The van der Waals surface area contributed by atoms with Gasteiger partial charge in [-0.05, 0) is 31.0 Å². The topological polar surface area (TPSA) is 26.0 Å². The first-order valence-corrected chi connectivity index (χ1v) is 6.48. The quantitative estimate of drug-likeness (QED) is 0.802. The molecule has 0 heterocycles. The number of hydrogen-bond donors (Lipinski definition) is 1. The minimum atomic E-state index is -4.36. The van der Waals surface area contributed by atoms with Crippen molar-refractivity contribution in [2.75, 3.05) is 5.73 Å². The number of nitrogens with two attached hydrogens (primary N) is 1. The van der Waals surface area contributed by atoms with Gasteiger partial charge in [-0.25, -0.2) is 0 Å². The molecule has 0 radical (unpaired) electrons. The third-order valence-corrected chi connectivity index (χ3v) is 4.27. The zero-order chi connectivity index (χ0) is 12.5. The van der Waals surface area contributed by atoms with E-state index in [2.05, 4.69) is 0 Å². The van der Waals surface area contributed by atoms with Crippen LogP contribution in [0.3, 0.4) is 0 Å². The molecule has 0 aliphatic heterocycles. The van der Waals surface area contributed by atoms with Crippen LogP contribution >= 0.6 is 11.8 Å². The zero-order valence-electron chi connectivity index (χ0n) is 9.26. The zero-order valence-corrected chi connectivity index (χ0v) is 10.1. The molecule has 1 aromatic carbocycles. The van der Waals surface area contributed by atoms with Crippen LogP contribution in [0.25, 0.3) is 0 Å². The van der Waals surface area contributed by atoms with Crippen molar-refractivity contribution >= 4 is 17.4 Å². The molecule has 2 N–H and O–H groups in total. The number of thioether (sulfide) groups is 1. The van der Waals surface area contributed by atoms with Crippen LogP contribution in [0.2, 0.25) is 0 Å². The molecule has 1 nitrogen and oxygen atoms in total. The second-order valence-corrected chi connectivity index (χ2v) is 5.64. The van der Waals surface area contributed by atoms with Gasteiger partial charge in [0.15, 0.2) is 0 Å². The van der Waals surface area contributed by atoms with Crippen LogP contribution in [0, 0.1) is 0 Å². The van der Waals surface area contributed by atoms with Crippen LogP contribution < -0.4 is 5.73 Å². The van der Waals surface area contributed by atoms with Gasteiger partial charge in [-0.2, -0.15) is 13.2 Å². The lowest BCUT2D eigenvalue weighted by Gasteiger charge is -2.13. The maximum absolute atomic E-state index is 12.7. The average Bonchev–Trinajstić information content (AvgIpc) is 2.72. The Balaban J connectivity index is 2.18. The highest BCUT2D eigenvalue weighted by Gasteiger charge is 2.33. The smallest absolute Gasteiger partial charge is 0.398 e. The number of halogens is 3. The second kappa shape index (κ2) is 4.80. The second-order valence-electron chi connectivity index (χ2n) is 4.27. The van der Waals surface area contributed by atoms with Gasteiger partial charge in [0, 0.05) is 15.8 Å². The largest absolute Gasteiger partial charge is 0.418 e.